The van der Waals surface area contributed by atoms with E-state index in [9.17, 15) is 4.79 Å². The van der Waals surface area contributed by atoms with Crippen molar-refractivity contribution >= 4 is 17.5 Å². The molecule has 1 amide bonds. The van der Waals surface area contributed by atoms with Crippen LogP contribution in [0.3, 0.4) is 0 Å². The van der Waals surface area contributed by atoms with Crippen molar-refractivity contribution in [3.05, 3.63) is 12.4 Å². The zero-order valence-electron chi connectivity index (χ0n) is 11.8. The lowest BCUT2D eigenvalue weighted by Crippen LogP contribution is -2.26. The van der Waals surface area contributed by atoms with E-state index in [2.05, 4.69) is 26.4 Å². The highest BCUT2D eigenvalue weighted by molar-refractivity contribution is 5.91. The number of nitrogens with one attached hydrogen (secondary N) is 1. The van der Waals surface area contributed by atoms with Gasteiger partial charge in [-0.05, 0) is 19.3 Å². The fraction of sp³-hybridized carbons (Fsp3) is 0.571. The molecule has 7 heteroatoms. The van der Waals surface area contributed by atoms with E-state index in [0.717, 1.165) is 18.9 Å². The SMILES string of the molecule is N#CN1CCC(C(=O)Nc2cnc(N3CCCC3)cn2)C1. The van der Waals surface area contributed by atoms with E-state index >= 15 is 0 Å². The second-order valence-corrected chi connectivity index (χ2v) is 5.47. The van der Waals surface area contributed by atoms with Crippen LogP contribution in [0.4, 0.5) is 11.6 Å². The van der Waals surface area contributed by atoms with Gasteiger partial charge < -0.3 is 15.1 Å². The van der Waals surface area contributed by atoms with E-state index in [-0.39, 0.29) is 11.8 Å². The summed E-state index contributed by atoms with van der Waals surface area (Å²) < 4.78 is 0. The lowest BCUT2D eigenvalue weighted by molar-refractivity contribution is -0.119. The lowest BCUT2D eigenvalue weighted by atomic mass is 10.1. The van der Waals surface area contributed by atoms with Crippen molar-refractivity contribution in [2.45, 2.75) is 19.3 Å². The number of carbonyl (C=O) groups excluding carboxylic acids is 1. The highest BCUT2D eigenvalue weighted by Gasteiger charge is 2.28. The van der Waals surface area contributed by atoms with Gasteiger partial charge in [0, 0.05) is 26.2 Å². The smallest absolute Gasteiger partial charge is 0.230 e. The van der Waals surface area contributed by atoms with E-state index < -0.39 is 0 Å². The zero-order chi connectivity index (χ0) is 14.7. The van der Waals surface area contributed by atoms with Crippen molar-refractivity contribution in [3.8, 4) is 6.19 Å². The normalized spacial score (nSPS) is 21.4. The van der Waals surface area contributed by atoms with Crippen LogP contribution in [-0.4, -0.2) is 47.0 Å². The Labute approximate surface area is 123 Å². The Morgan fingerprint density at radius 1 is 1.29 bits per heavy atom. The maximum Gasteiger partial charge on any atom is 0.230 e. The van der Waals surface area contributed by atoms with Crippen molar-refractivity contribution in [2.24, 2.45) is 5.92 Å². The van der Waals surface area contributed by atoms with Gasteiger partial charge >= 0.3 is 0 Å². The predicted molar refractivity (Wildman–Crippen MR) is 77.4 cm³/mol. The van der Waals surface area contributed by atoms with Gasteiger partial charge in [-0.15, -0.1) is 0 Å². The molecule has 0 spiro atoms. The molecule has 0 radical (unpaired) electrons. The van der Waals surface area contributed by atoms with Crippen LogP contribution in [0.25, 0.3) is 0 Å². The van der Waals surface area contributed by atoms with Crippen molar-refractivity contribution in [2.75, 3.05) is 36.4 Å². The fourth-order valence-electron chi connectivity index (χ4n) is 2.79. The summed E-state index contributed by atoms with van der Waals surface area (Å²) in [6, 6.07) is 0. The minimum Gasteiger partial charge on any atom is -0.355 e. The van der Waals surface area contributed by atoms with Gasteiger partial charge in [-0.2, -0.15) is 5.26 Å². The molecule has 7 nitrogen and oxygen atoms in total. The number of nitriles is 1. The molecule has 1 aromatic rings. The van der Waals surface area contributed by atoms with E-state index in [1.54, 1.807) is 17.3 Å². The first-order valence-corrected chi connectivity index (χ1v) is 7.29. The monoisotopic (exact) mass is 286 g/mol. The first-order chi connectivity index (χ1) is 10.3. The zero-order valence-corrected chi connectivity index (χ0v) is 11.8. The summed E-state index contributed by atoms with van der Waals surface area (Å²) in [6.07, 6.45) is 8.47. The Hall–Kier alpha value is -2.36. The van der Waals surface area contributed by atoms with Gasteiger partial charge in [-0.1, -0.05) is 0 Å². The Morgan fingerprint density at radius 3 is 2.71 bits per heavy atom. The first-order valence-electron chi connectivity index (χ1n) is 7.29. The average Bonchev–Trinajstić information content (AvgIpc) is 3.19. The summed E-state index contributed by atoms with van der Waals surface area (Å²) in [5, 5.41) is 11.6. The van der Waals surface area contributed by atoms with Crippen LogP contribution in [0.5, 0.6) is 0 Å². The molecule has 21 heavy (non-hydrogen) atoms. The van der Waals surface area contributed by atoms with Gasteiger partial charge in [0.25, 0.3) is 0 Å². The molecule has 110 valence electrons. The van der Waals surface area contributed by atoms with E-state index in [1.807, 2.05) is 0 Å². The standard InChI is InChI=1S/C14H18N6O/c15-10-19-6-3-11(9-19)14(21)18-12-7-17-13(8-16-12)20-4-1-2-5-20/h7-8,11H,1-6,9H2,(H,16,18,21). The second-order valence-electron chi connectivity index (χ2n) is 5.47. The van der Waals surface area contributed by atoms with Crippen molar-refractivity contribution in [1.82, 2.24) is 14.9 Å². The minimum absolute atomic E-state index is 0.0871. The second kappa shape index (κ2) is 5.95. The Balaban J connectivity index is 1.57. The highest BCUT2D eigenvalue weighted by atomic mass is 16.2. The van der Waals surface area contributed by atoms with Gasteiger partial charge in [0.05, 0.1) is 18.3 Å². The first kappa shape index (κ1) is 13.6. The Kier molecular flexibility index (Phi) is 3.86. The molecule has 1 N–H and O–H groups in total. The summed E-state index contributed by atoms with van der Waals surface area (Å²) >= 11 is 0. The van der Waals surface area contributed by atoms with Crippen molar-refractivity contribution in [3.63, 3.8) is 0 Å². The number of amides is 1. The molecule has 2 fully saturated rings. The Bertz CT molecular complexity index is 546. The number of nitrogens with zero attached hydrogens (tertiary/aromatic N) is 5. The van der Waals surface area contributed by atoms with Crippen LogP contribution < -0.4 is 10.2 Å². The molecular weight excluding hydrogens is 268 g/mol. The van der Waals surface area contributed by atoms with Crippen LogP contribution >= 0.6 is 0 Å². The third-order valence-corrected chi connectivity index (χ3v) is 4.02. The molecule has 2 aliphatic heterocycles. The maximum atomic E-state index is 12.1. The molecule has 0 bridgehead atoms. The molecule has 1 aromatic heterocycles. The molecule has 2 saturated heterocycles. The molecule has 1 atom stereocenters. The quantitative estimate of drug-likeness (QED) is 0.828. The third-order valence-electron chi connectivity index (χ3n) is 4.02. The van der Waals surface area contributed by atoms with Crippen LogP contribution in [0.2, 0.25) is 0 Å². The van der Waals surface area contributed by atoms with Crippen molar-refractivity contribution < 1.29 is 4.79 Å². The number of carbonyl (C=O) groups is 1. The maximum absolute atomic E-state index is 12.1. The fourth-order valence-corrected chi connectivity index (χ4v) is 2.79. The third kappa shape index (κ3) is 3.05. The molecule has 2 aliphatic rings. The van der Waals surface area contributed by atoms with Gasteiger partial charge in [0.1, 0.15) is 5.82 Å². The van der Waals surface area contributed by atoms with Gasteiger partial charge in [0.15, 0.2) is 12.0 Å². The average molecular weight is 286 g/mol. The van der Waals surface area contributed by atoms with Crippen LogP contribution in [0.1, 0.15) is 19.3 Å². The van der Waals surface area contributed by atoms with Crippen LogP contribution in [0.15, 0.2) is 12.4 Å². The molecular formula is C14H18N6O. The summed E-state index contributed by atoms with van der Waals surface area (Å²) in [7, 11) is 0. The number of aromatic nitrogens is 2. The number of hydrogen-bond acceptors (Lipinski definition) is 6. The number of rotatable bonds is 3. The largest absolute Gasteiger partial charge is 0.355 e. The summed E-state index contributed by atoms with van der Waals surface area (Å²) in [4.78, 5) is 24.5. The topological polar surface area (TPSA) is 85.2 Å². The van der Waals surface area contributed by atoms with E-state index in [0.29, 0.717) is 25.3 Å². The Morgan fingerprint density at radius 2 is 2.10 bits per heavy atom. The molecule has 0 aliphatic carbocycles. The summed E-state index contributed by atoms with van der Waals surface area (Å²) in [5.74, 6) is 1.10. The minimum atomic E-state index is -0.148. The summed E-state index contributed by atoms with van der Waals surface area (Å²) in [5.41, 5.74) is 0. The molecule has 3 rings (SSSR count). The highest BCUT2D eigenvalue weighted by Crippen LogP contribution is 2.19. The number of likely N-dealkylation sites (tertiary alicyclic amines) is 1. The molecule has 1 unspecified atom stereocenters. The van der Waals surface area contributed by atoms with Gasteiger partial charge in [-0.3, -0.25) is 4.79 Å². The number of anilines is 2. The molecule has 0 aromatic carbocycles. The predicted octanol–water partition coefficient (Wildman–Crippen LogP) is 0.818. The molecule has 3 heterocycles. The van der Waals surface area contributed by atoms with Gasteiger partial charge in [0.2, 0.25) is 5.91 Å². The number of hydrogen-bond donors (Lipinski definition) is 1. The van der Waals surface area contributed by atoms with Crippen LogP contribution in [-0.2, 0) is 4.79 Å². The lowest BCUT2D eigenvalue weighted by Gasteiger charge is -2.16. The van der Waals surface area contributed by atoms with Gasteiger partial charge in [-0.25, -0.2) is 9.97 Å². The van der Waals surface area contributed by atoms with E-state index in [4.69, 9.17) is 5.26 Å². The van der Waals surface area contributed by atoms with Crippen molar-refractivity contribution in [1.29, 1.82) is 5.26 Å². The van der Waals surface area contributed by atoms with E-state index in [1.165, 1.54) is 12.8 Å². The van der Waals surface area contributed by atoms with Crippen LogP contribution in [0, 0.1) is 17.4 Å². The summed E-state index contributed by atoms with van der Waals surface area (Å²) in [6.45, 7) is 3.18. The molecule has 0 saturated carbocycles.